The van der Waals surface area contributed by atoms with Crippen molar-refractivity contribution in [2.24, 2.45) is 0 Å². The number of halogens is 3. The highest BCUT2D eigenvalue weighted by atomic mass is 35.5. The molecule has 1 amide bonds. The monoisotopic (exact) mass is 326 g/mol. The fraction of sp³-hybridized carbons (Fsp3) is 0.133. The smallest absolute Gasteiger partial charge is 0.254 e. The number of hydrogen-bond donors (Lipinski definition) is 1. The molecule has 2 aromatic rings. The maximum atomic E-state index is 13.7. The van der Waals surface area contributed by atoms with Crippen molar-refractivity contribution in [1.29, 1.82) is 0 Å². The molecule has 2 N–H and O–H groups in total. The molecule has 2 aromatic carbocycles. The Balaban J connectivity index is 2.24. The van der Waals surface area contributed by atoms with Crippen molar-refractivity contribution < 1.29 is 9.18 Å². The molecule has 0 aromatic heterocycles. The van der Waals surface area contributed by atoms with E-state index >= 15 is 0 Å². The lowest BCUT2D eigenvalue weighted by molar-refractivity contribution is 0.0784. The SMILES string of the molecule is CN(Cc1c(F)cccc1Cl)C(=O)c1cc(N)cc(Cl)c1. The predicted octanol–water partition coefficient (Wildman–Crippen LogP) is 3.99. The topological polar surface area (TPSA) is 46.3 Å². The number of carbonyl (C=O) groups excluding carboxylic acids is 1. The quantitative estimate of drug-likeness (QED) is 0.867. The molecule has 0 aliphatic carbocycles. The molecule has 0 fully saturated rings. The van der Waals surface area contributed by atoms with Crippen LogP contribution in [-0.4, -0.2) is 17.9 Å². The molecule has 6 heteroatoms. The average molecular weight is 327 g/mol. The first kappa shape index (κ1) is 15.6. The highest BCUT2D eigenvalue weighted by molar-refractivity contribution is 6.31. The van der Waals surface area contributed by atoms with Crippen LogP contribution in [0.1, 0.15) is 15.9 Å². The van der Waals surface area contributed by atoms with Gasteiger partial charge in [0.2, 0.25) is 0 Å². The lowest BCUT2D eigenvalue weighted by Crippen LogP contribution is -2.27. The summed E-state index contributed by atoms with van der Waals surface area (Å²) in [6, 6.07) is 8.98. The van der Waals surface area contributed by atoms with Gasteiger partial charge in [-0.05, 0) is 30.3 Å². The summed E-state index contributed by atoms with van der Waals surface area (Å²) in [4.78, 5) is 13.7. The van der Waals surface area contributed by atoms with Gasteiger partial charge in [0.1, 0.15) is 5.82 Å². The molecule has 0 atom stereocenters. The van der Waals surface area contributed by atoms with E-state index in [1.54, 1.807) is 19.2 Å². The zero-order valence-corrected chi connectivity index (χ0v) is 12.7. The Kier molecular flexibility index (Phi) is 4.70. The molecular weight excluding hydrogens is 314 g/mol. The van der Waals surface area contributed by atoms with Gasteiger partial charge in [-0.2, -0.15) is 0 Å². The Morgan fingerprint density at radius 3 is 2.62 bits per heavy atom. The Bertz CT molecular complexity index is 651. The molecule has 0 spiro atoms. The van der Waals surface area contributed by atoms with Crippen molar-refractivity contribution in [3.8, 4) is 0 Å². The Morgan fingerprint density at radius 1 is 1.29 bits per heavy atom. The average Bonchev–Trinajstić information content (AvgIpc) is 2.41. The molecule has 3 nitrogen and oxygen atoms in total. The Morgan fingerprint density at radius 2 is 2.00 bits per heavy atom. The molecule has 0 radical (unpaired) electrons. The molecule has 21 heavy (non-hydrogen) atoms. The van der Waals surface area contributed by atoms with Gasteiger partial charge in [-0.3, -0.25) is 4.79 Å². The van der Waals surface area contributed by atoms with Crippen LogP contribution in [0.25, 0.3) is 0 Å². The number of benzene rings is 2. The van der Waals surface area contributed by atoms with Gasteiger partial charge < -0.3 is 10.6 Å². The first-order valence-corrected chi connectivity index (χ1v) is 6.88. The number of amides is 1. The maximum Gasteiger partial charge on any atom is 0.254 e. The van der Waals surface area contributed by atoms with Crippen LogP contribution in [-0.2, 0) is 6.54 Å². The van der Waals surface area contributed by atoms with Crippen LogP contribution in [0.2, 0.25) is 10.0 Å². The largest absolute Gasteiger partial charge is 0.399 e. The van der Waals surface area contributed by atoms with Gasteiger partial charge in [0.15, 0.2) is 0 Å². The van der Waals surface area contributed by atoms with Crippen molar-refractivity contribution >= 4 is 34.8 Å². The Labute approximate surface area is 132 Å². The molecule has 0 unspecified atom stereocenters. The number of rotatable bonds is 3. The number of nitrogen functional groups attached to an aromatic ring is 1. The summed E-state index contributed by atoms with van der Waals surface area (Å²) in [5.74, 6) is -0.767. The van der Waals surface area contributed by atoms with Crippen LogP contribution in [0.4, 0.5) is 10.1 Å². The van der Waals surface area contributed by atoms with Crippen molar-refractivity contribution in [2.45, 2.75) is 6.54 Å². The summed E-state index contributed by atoms with van der Waals surface area (Å²) in [5, 5.41) is 0.649. The van der Waals surface area contributed by atoms with E-state index in [4.69, 9.17) is 28.9 Å². The summed E-state index contributed by atoms with van der Waals surface area (Å²) in [6.45, 7) is 0.0523. The second kappa shape index (κ2) is 6.33. The minimum atomic E-state index is -0.451. The first-order valence-electron chi connectivity index (χ1n) is 6.13. The van der Waals surface area contributed by atoms with E-state index in [9.17, 15) is 9.18 Å². The van der Waals surface area contributed by atoms with E-state index in [0.717, 1.165) is 0 Å². The van der Waals surface area contributed by atoms with E-state index < -0.39 is 5.82 Å². The molecule has 0 aliphatic rings. The zero-order chi connectivity index (χ0) is 15.6. The fourth-order valence-electron chi connectivity index (χ4n) is 1.95. The van der Waals surface area contributed by atoms with Gasteiger partial charge in [0.05, 0.1) is 0 Å². The number of nitrogens with two attached hydrogens (primary N) is 1. The molecule has 110 valence electrons. The summed E-state index contributed by atoms with van der Waals surface area (Å²) in [6.07, 6.45) is 0. The van der Waals surface area contributed by atoms with E-state index in [2.05, 4.69) is 0 Å². The zero-order valence-electron chi connectivity index (χ0n) is 11.2. The molecule has 0 saturated heterocycles. The van der Waals surface area contributed by atoms with Crippen LogP contribution in [0, 0.1) is 5.82 Å². The van der Waals surface area contributed by atoms with Crippen LogP contribution in [0.5, 0.6) is 0 Å². The number of anilines is 1. The third-order valence-electron chi connectivity index (χ3n) is 2.97. The summed E-state index contributed by atoms with van der Waals surface area (Å²) < 4.78 is 13.7. The van der Waals surface area contributed by atoms with E-state index in [-0.39, 0.29) is 23.0 Å². The minimum absolute atomic E-state index is 0.0523. The number of hydrogen-bond acceptors (Lipinski definition) is 2. The van der Waals surface area contributed by atoms with Gasteiger partial charge in [-0.15, -0.1) is 0 Å². The van der Waals surface area contributed by atoms with Crippen molar-refractivity contribution in [3.63, 3.8) is 0 Å². The molecular formula is C15H13Cl2FN2O. The van der Waals surface area contributed by atoms with Gasteiger partial charge >= 0.3 is 0 Å². The molecule has 0 heterocycles. The molecule has 0 saturated carbocycles. The van der Waals surface area contributed by atoms with Crippen molar-refractivity contribution in [3.05, 3.63) is 63.4 Å². The Hall–Kier alpha value is -1.78. The van der Waals surface area contributed by atoms with Crippen LogP contribution in [0.3, 0.4) is 0 Å². The summed E-state index contributed by atoms with van der Waals surface area (Å²) >= 11 is 11.8. The minimum Gasteiger partial charge on any atom is -0.399 e. The first-order chi connectivity index (χ1) is 9.88. The van der Waals surface area contributed by atoms with Gasteiger partial charge in [0, 0.05) is 40.5 Å². The van der Waals surface area contributed by atoms with E-state index in [0.29, 0.717) is 16.3 Å². The second-order valence-corrected chi connectivity index (χ2v) is 5.48. The van der Waals surface area contributed by atoms with Crippen LogP contribution < -0.4 is 5.73 Å². The van der Waals surface area contributed by atoms with Gasteiger partial charge in [-0.25, -0.2) is 4.39 Å². The molecule has 0 bridgehead atoms. The number of carbonyl (C=O) groups is 1. The summed E-state index contributed by atoms with van der Waals surface area (Å²) in [5.41, 5.74) is 6.66. The standard InChI is InChI=1S/C15H13Cl2FN2O/c1-20(8-12-13(17)3-2-4-14(12)18)15(21)9-5-10(16)7-11(19)6-9/h2-7H,8,19H2,1H3. The lowest BCUT2D eigenvalue weighted by Gasteiger charge is -2.19. The van der Waals surface area contributed by atoms with Crippen molar-refractivity contribution in [1.82, 2.24) is 4.90 Å². The fourth-order valence-corrected chi connectivity index (χ4v) is 2.41. The van der Waals surface area contributed by atoms with Gasteiger partial charge in [0.25, 0.3) is 5.91 Å². The predicted molar refractivity (Wildman–Crippen MR) is 83.1 cm³/mol. The molecule has 0 aliphatic heterocycles. The normalized spacial score (nSPS) is 10.5. The van der Waals surface area contributed by atoms with Gasteiger partial charge in [-0.1, -0.05) is 29.3 Å². The van der Waals surface area contributed by atoms with Crippen LogP contribution >= 0.6 is 23.2 Å². The molecule has 2 rings (SSSR count). The summed E-state index contributed by atoms with van der Waals surface area (Å²) in [7, 11) is 1.56. The lowest BCUT2D eigenvalue weighted by atomic mass is 10.1. The maximum absolute atomic E-state index is 13.7. The van der Waals surface area contributed by atoms with E-state index in [1.165, 1.54) is 29.2 Å². The second-order valence-electron chi connectivity index (χ2n) is 4.63. The number of nitrogens with zero attached hydrogens (tertiary/aromatic N) is 1. The van der Waals surface area contributed by atoms with Crippen molar-refractivity contribution in [2.75, 3.05) is 12.8 Å². The van der Waals surface area contributed by atoms with Crippen LogP contribution in [0.15, 0.2) is 36.4 Å². The highest BCUT2D eigenvalue weighted by Gasteiger charge is 2.16. The third-order valence-corrected chi connectivity index (χ3v) is 3.54. The third kappa shape index (κ3) is 3.65. The highest BCUT2D eigenvalue weighted by Crippen LogP contribution is 2.22. The van der Waals surface area contributed by atoms with E-state index in [1.807, 2.05) is 0 Å².